The Bertz CT molecular complexity index is 1100. The maximum absolute atomic E-state index is 12.5. The zero-order valence-electron chi connectivity index (χ0n) is 19.5. The molecule has 3 rings (SSSR count). The van der Waals surface area contributed by atoms with Crippen LogP contribution >= 0.6 is 0 Å². The molecule has 1 heterocycles. The predicted molar refractivity (Wildman–Crippen MR) is 127 cm³/mol. The first-order valence-electron chi connectivity index (χ1n) is 10.8. The van der Waals surface area contributed by atoms with Crippen molar-refractivity contribution in [2.75, 3.05) is 11.9 Å². The van der Waals surface area contributed by atoms with Crippen molar-refractivity contribution >= 4 is 11.7 Å². The maximum Gasteiger partial charge on any atom is 0.229 e. The molecule has 5 N–H and O–H groups in total. The molecule has 0 aliphatic rings. The van der Waals surface area contributed by atoms with E-state index in [1.807, 2.05) is 51.1 Å². The fourth-order valence-corrected chi connectivity index (χ4v) is 3.82. The normalized spacial score (nSPS) is 12.5. The van der Waals surface area contributed by atoms with E-state index in [1.54, 1.807) is 11.7 Å². The molecule has 8 nitrogen and oxygen atoms in total. The smallest absolute Gasteiger partial charge is 0.229 e. The van der Waals surface area contributed by atoms with Crippen LogP contribution in [0.1, 0.15) is 42.3 Å². The van der Waals surface area contributed by atoms with Gasteiger partial charge < -0.3 is 26.0 Å². The van der Waals surface area contributed by atoms with Crippen molar-refractivity contribution in [3.63, 3.8) is 0 Å². The zero-order valence-corrected chi connectivity index (χ0v) is 19.5. The quantitative estimate of drug-likeness (QED) is 0.341. The Morgan fingerprint density at radius 3 is 2.39 bits per heavy atom. The van der Waals surface area contributed by atoms with E-state index in [1.165, 1.54) is 18.2 Å². The molecule has 0 bridgehead atoms. The summed E-state index contributed by atoms with van der Waals surface area (Å²) >= 11 is 0. The Hall–Kier alpha value is -3.36. The highest BCUT2D eigenvalue weighted by Crippen LogP contribution is 2.25. The van der Waals surface area contributed by atoms with Gasteiger partial charge in [-0.1, -0.05) is 24.3 Å². The summed E-state index contributed by atoms with van der Waals surface area (Å²) in [5.74, 6) is 0.369. The molecule has 1 unspecified atom stereocenters. The minimum Gasteiger partial charge on any atom is -0.508 e. The molecule has 1 aromatic heterocycles. The van der Waals surface area contributed by atoms with Gasteiger partial charge in [-0.2, -0.15) is 5.10 Å². The molecule has 1 atom stereocenters. The molecule has 0 aliphatic heterocycles. The molecule has 33 heavy (non-hydrogen) atoms. The Labute approximate surface area is 193 Å². The highest BCUT2D eigenvalue weighted by Gasteiger charge is 2.21. The van der Waals surface area contributed by atoms with Crippen molar-refractivity contribution in [1.82, 2.24) is 15.1 Å². The van der Waals surface area contributed by atoms with Gasteiger partial charge in [-0.05, 0) is 56.0 Å². The summed E-state index contributed by atoms with van der Waals surface area (Å²) in [7, 11) is 1.79. The maximum atomic E-state index is 12.5. The third kappa shape index (κ3) is 7.06. The van der Waals surface area contributed by atoms with Crippen LogP contribution < -0.4 is 10.6 Å². The molecule has 3 aromatic rings. The van der Waals surface area contributed by atoms with Crippen LogP contribution in [0.2, 0.25) is 0 Å². The minimum atomic E-state index is -0.882. The summed E-state index contributed by atoms with van der Waals surface area (Å²) in [5, 5.41) is 40.2. The van der Waals surface area contributed by atoms with Gasteiger partial charge in [0, 0.05) is 31.3 Å². The number of hydrogen-bond acceptors (Lipinski definition) is 6. The lowest BCUT2D eigenvalue weighted by atomic mass is 9.93. The minimum absolute atomic E-state index is 0.0947. The Kier molecular flexibility index (Phi) is 7.40. The van der Waals surface area contributed by atoms with Crippen LogP contribution in [0.5, 0.6) is 11.5 Å². The number of β-amino-alcohol motifs (C(OH)–C–C–N with tert-alkyl or cyclic N) is 1. The van der Waals surface area contributed by atoms with Crippen LogP contribution in [0, 0.1) is 6.92 Å². The molecule has 0 radical (unpaired) electrons. The van der Waals surface area contributed by atoms with Gasteiger partial charge in [0.2, 0.25) is 5.91 Å². The first kappa shape index (κ1) is 24.3. The lowest BCUT2D eigenvalue weighted by Crippen LogP contribution is -2.43. The summed E-state index contributed by atoms with van der Waals surface area (Å²) in [6, 6.07) is 13.8. The van der Waals surface area contributed by atoms with Gasteiger partial charge in [0.05, 0.1) is 18.2 Å². The van der Waals surface area contributed by atoms with Gasteiger partial charge in [-0.15, -0.1) is 0 Å². The largest absolute Gasteiger partial charge is 0.508 e. The van der Waals surface area contributed by atoms with E-state index in [2.05, 4.69) is 15.7 Å². The summed E-state index contributed by atoms with van der Waals surface area (Å²) < 4.78 is 1.64. The van der Waals surface area contributed by atoms with Crippen LogP contribution in [-0.4, -0.2) is 43.1 Å². The number of phenols is 2. The fourth-order valence-electron chi connectivity index (χ4n) is 3.82. The number of amides is 1. The highest BCUT2D eigenvalue weighted by molar-refractivity contribution is 5.91. The number of carbonyl (C=O) groups is 1. The van der Waals surface area contributed by atoms with Gasteiger partial charge in [0.1, 0.15) is 17.3 Å². The molecule has 0 aliphatic carbocycles. The van der Waals surface area contributed by atoms with E-state index in [0.717, 1.165) is 16.8 Å². The Balaban J connectivity index is 1.57. The SMILES string of the molecule is Cc1cc(NC(=O)Cc2cccc(CC(C)(C)NCC(O)c3cc(O)cc(O)c3)c2)n(C)n1. The monoisotopic (exact) mass is 452 g/mol. The second-order valence-corrected chi connectivity index (χ2v) is 9.08. The number of anilines is 1. The first-order valence-corrected chi connectivity index (χ1v) is 10.8. The summed E-state index contributed by atoms with van der Waals surface area (Å²) in [4.78, 5) is 12.5. The summed E-state index contributed by atoms with van der Waals surface area (Å²) in [6.07, 6.45) is 0.0560. The highest BCUT2D eigenvalue weighted by atomic mass is 16.3. The number of aliphatic hydroxyl groups is 1. The average molecular weight is 453 g/mol. The van der Waals surface area contributed by atoms with Crippen LogP contribution in [0.3, 0.4) is 0 Å². The third-order valence-electron chi connectivity index (χ3n) is 5.36. The molecular weight excluding hydrogens is 420 g/mol. The number of aliphatic hydroxyl groups excluding tert-OH is 1. The Morgan fingerprint density at radius 1 is 1.09 bits per heavy atom. The van der Waals surface area contributed by atoms with Crippen molar-refractivity contribution in [2.45, 2.75) is 45.3 Å². The fraction of sp³-hybridized carbons (Fsp3) is 0.360. The second-order valence-electron chi connectivity index (χ2n) is 9.08. The van der Waals surface area contributed by atoms with E-state index in [4.69, 9.17) is 0 Å². The van der Waals surface area contributed by atoms with Crippen molar-refractivity contribution in [2.24, 2.45) is 7.05 Å². The number of rotatable bonds is 9. The number of benzene rings is 2. The molecule has 1 amide bonds. The van der Waals surface area contributed by atoms with E-state index >= 15 is 0 Å². The number of aryl methyl sites for hydroxylation is 2. The summed E-state index contributed by atoms with van der Waals surface area (Å²) in [5.41, 5.74) is 2.92. The van der Waals surface area contributed by atoms with E-state index < -0.39 is 6.10 Å². The number of nitrogens with zero attached hydrogens (tertiary/aromatic N) is 2. The number of phenolic OH excluding ortho intramolecular Hbond substituents is 2. The standard InChI is InChI=1S/C25H32N4O4/c1-16-8-23(29(4)28-16)27-24(33)10-17-6-5-7-18(9-17)14-25(2,3)26-15-22(32)19-11-20(30)13-21(31)12-19/h5-9,11-13,22,26,30-32H,10,14-15H2,1-4H3,(H,27,33). The van der Waals surface area contributed by atoms with Crippen LogP contribution in [-0.2, 0) is 24.7 Å². The van der Waals surface area contributed by atoms with Crippen LogP contribution in [0.15, 0.2) is 48.5 Å². The van der Waals surface area contributed by atoms with Crippen molar-refractivity contribution < 1.29 is 20.1 Å². The molecule has 0 saturated heterocycles. The lowest BCUT2D eigenvalue weighted by molar-refractivity contribution is -0.115. The predicted octanol–water partition coefficient (Wildman–Crippen LogP) is 2.97. The molecule has 0 spiro atoms. The van der Waals surface area contributed by atoms with Crippen molar-refractivity contribution in [3.8, 4) is 11.5 Å². The number of aromatic hydroxyl groups is 2. The first-order chi connectivity index (χ1) is 15.5. The van der Waals surface area contributed by atoms with Gasteiger partial charge in [0.25, 0.3) is 0 Å². The number of hydrogen-bond donors (Lipinski definition) is 5. The topological polar surface area (TPSA) is 120 Å². The molecule has 8 heteroatoms. The van der Waals surface area contributed by atoms with Gasteiger partial charge in [-0.3, -0.25) is 9.48 Å². The number of nitrogens with one attached hydrogen (secondary N) is 2. The number of aromatic nitrogens is 2. The van der Waals surface area contributed by atoms with E-state index in [-0.39, 0.29) is 35.9 Å². The van der Waals surface area contributed by atoms with Crippen LogP contribution in [0.25, 0.3) is 0 Å². The molecule has 0 saturated carbocycles. The van der Waals surface area contributed by atoms with Crippen molar-refractivity contribution in [3.05, 3.63) is 70.9 Å². The zero-order chi connectivity index (χ0) is 24.2. The van der Waals surface area contributed by atoms with E-state index in [9.17, 15) is 20.1 Å². The van der Waals surface area contributed by atoms with Crippen LogP contribution in [0.4, 0.5) is 5.82 Å². The molecule has 0 fully saturated rings. The average Bonchev–Trinajstić information content (AvgIpc) is 3.01. The molecule has 2 aromatic carbocycles. The van der Waals surface area contributed by atoms with E-state index in [0.29, 0.717) is 17.8 Å². The number of carbonyl (C=O) groups excluding carboxylic acids is 1. The van der Waals surface area contributed by atoms with Crippen molar-refractivity contribution in [1.29, 1.82) is 0 Å². The van der Waals surface area contributed by atoms with Gasteiger partial charge in [-0.25, -0.2) is 0 Å². The lowest BCUT2D eigenvalue weighted by Gasteiger charge is -2.28. The second kappa shape index (κ2) is 10.1. The third-order valence-corrected chi connectivity index (χ3v) is 5.36. The molecule has 176 valence electrons. The van der Waals surface area contributed by atoms with Gasteiger partial charge >= 0.3 is 0 Å². The van der Waals surface area contributed by atoms with Gasteiger partial charge in [0.15, 0.2) is 0 Å². The summed E-state index contributed by atoms with van der Waals surface area (Å²) in [6.45, 7) is 6.19. The molecular formula is C25H32N4O4. The Morgan fingerprint density at radius 2 is 1.76 bits per heavy atom.